The number of aryl methyl sites for hydroxylation is 1. The molecule has 0 saturated carbocycles. The zero-order valence-corrected chi connectivity index (χ0v) is 11.1. The van der Waals surface area contributed by atoms with E-state index in [1.807, 2.05) is 6.92 Å². The maximum atomic E-state index is 12.4. The minimum absolute atomic E-state index is 0.125. The van der Waals surface area contributed by atoms with Crippen LogP contribution in [-0.2, 0) is 21.2 Å². The van der Waals surface area contributed by atoms with E-state index in [9.17, 15) is 8.42 Å². The largest absolute Gasteiger partial charge is 0.378 e. The summed E-state index contributed by atoms with van der Waals surface area (Å²) in [4.78, 5) is 6.85. The molecule has 1 aliphatic heterocycles. The average Bonchev–Trinajstić information content (AvgIpc) is 2.88. The van der Waals surface area contributed by atoms with E-state index in [4.69, 9.17) is 10.5 Å². The molecule has 1 aromatic rings. The van der Waals surface area contributed by atoms with Crippen molar-refractivity contribution in [2.24, 2.45) is 5.73 Å². The summed E-state index contributed by atoms with van der Waals surface area (Å²) in [6.45, 7) is 3.21. The third-order valence-corrected chi connectivity index (χ3v) is 4.83. The fourth-order valence-corrected chi connectivity index (χ4v) is 3.46. The van der Waals surface area contributed by atoms with Crippen LogP contribution in [0.25, 0.3) is 0 Å². The number of nitrogens with zero attached hydrogens (tertiary/aromatic N) is 2. The standard InChI is InChI=1S/C10H18N4O3S/c1-2-9-12-6-10(13-9)18(15,16)14-3-4-17-7-8(14)5-11/h6,8H,2-5,7,11H2,1H3,(H,12,13). The normalized spacial score (nSPS) is 22.2. The second-order valence-corrected chi connectivity index (χ2v) is 5.99. The number of sulfonamides is 1. The lowest BCUT2D eigenvalue weighted by Crippen LogP contribution is -2.51. The first-order chi connectivity index (χ1) is 8.59. The van der Waals surface area contributed by atoms with E-state index in [2.05, 4.69) is 9.97 Å². The minimum atomic E-state index is -3.56. The van der Waals surface area contributed by atoms with Crippen molar-refractivity contribution in [1.29, 1.82) is 0 Å². The van der Waals surface area contributed by atoms with Crippen molar-refractivity contribution in [2.75, 3.05) is 26.3 Å². The number of ether oxygens (including phenoxy) is 1. The topological polar surface area (TPSA) is 101 Å². The molecule has 7 nitrogen and oxygen atoms in total. The smallest absolute Gasteiger partial charge is 0.260 e. The highest BCUT2D eigenvalue weighted by Crippen LogP contribution is 2.18. The molecule has 0 spiro atoms. The summed E-state index contributed by atoms with van der Waals surface area (Å²) >= 11 is 0. The van der Waals surface area contributed by atoms with E-state index in [1.54, 1.807) is 0 Å². The Bertz CT molecular complexity index is 499. The van der Waals surface area contributed by atoms with Crippen LogP contribution in [0.2, 0.25) is 0 Å². The van der Waals surface area contributed by atoms with Crippen LogP contribution in [0, 0.1) is 0 Å². The summed E-state index contributed by atoms with van der Waals surface area (Å²) in [7, 11) is -3.56. The van der Waals surface area contributed by atoms with Gasteiger partial charge in [0.25, 0.3) is 10.0 Å². The van der Waals surface area contributed by atoms with Crippen molar-refractivity contribution in [3.63, 3.8) is 0 Å². The summed E-state index contributed by atoms with van der Waals surface area (Å²) < 4.78 is 31.5. The van der Waals surface area contributed by atoms with Crippen LogP contribution in [-0.4, -0.2) is 55.0 Å². The third-order valence-electron chi connectivity index (χ3n) is 2.97. The Balaban J connectivity index is 2.28. The average molecular weight is 274 g/mol. The van der Waals surface area contributed by atoms with E-state index in [0.29, 0.717) is 32.0 Å². The van der Waals surface area contributed by atoms with E-state index in [-0.39, 0.29) is 17.6 Å². The first-order valence-electron chi connectivity index (χ1n) is 5.93. The molecule has 18 heavy (non-hydrogen) atoms. The van der Waals surface area contributed by atoms with Crippen LogP contribution in [0.3, 0.4) is 0 Å². The number of aromatic nitrogens is 2. The molecule has 0 aliphatic carbocycles. The van der Waals surface area contributed by atoms with Crippen molar-refractivity contribution in [2.45, 2.75) is 24.4 Å². The van der Waals surface area contributed by atoms with Gasteiger partial charge in [-0.1, -0.05) is 6.92 Å². The van der Waals surface area contributed by atoms with Gasteiger partial charge in [-0.25, -0.2) is 13.4 Å². The third kappa shape index (κ3) is 2.41. The van der Waals surface area contributed by atoms with Gasteiger partial charge in [0.2, 0.25) is 0 Å². The second-order valence-electron chi connectivity index (χ2n) is 4.13. The zero-order valence-electron chi connectivity index (χ0n) is 10.3. The quantitative estimate of drug-likeness (QED) is 0.757. The van der Waals surface area contributed by atoms with E-state index < -0.39 is 10.0 Å². The zero-order chi connectivity index (χ0) is 13.2. The molecule has 1 atom stereocenters. The Morgan fingerprint density at radius 2 is 2.44 bits per heavy atom. The van der Waals surface area contributed by atoms with Crippen molar-refractivity contribution in [1.82, 2.24) is 14.3 Å². The molecule has 2 heterocycles. The predicted molar refractivity (Wildman–Crippen MR) is 65.5 cm³/mol. The molecule has 0 radical (unpaired) electrons. The van der Waals surface area contributed by atoms with Gasteiger partial charge < -0.3 is 15.5 Å². The molecule has 8 heteroatoms. The fourth-order valence-electron chi connectivity index (χ4n) is 1.92. The first-order valence-corrected chi connectivity index (χ1v) is 7.37. The molecule has 1 aliphatic rings. The number of hydrogen-bond donors (Lipinski definition) is 2. The number of hydrogen-bond acceptors (Lipinski definition) is 5. The van der Waals surface area contributed by atoms with Gasteiger partial charge in [-0.05, 0) is 0 Å². The maximum absolute atomic E-state index is 12.4. The Labute approximate surface area is 106 Å². The van der Waals surface area contributed by atoms with Crippen LogP contribution in [0.15, 0.2) is 11.2 Å². The summed E-state index contributed by atoms with van der Waals surface area (Å²) in [5, 5.41) is 0.125. The lowest BCUT2D eigenvalue weighted by molar-refractivity contribution is 0.0357. The van der Waals surface area contributed by atoms with Crippen molar-refractivity contribution < 1.29 is 13.2 Å². The summed E-state index contributed by atoms with van der Waals surface area (Å²) in [6, 6.07) is -0.308. The number of nitrogens with two attached hydrogens (primary N) is 1. The molecule has 2 rings (SSSR count). The van der Waals surface area contributed by atoms with E-state index >= 15 is 0 Å². The monoisotopic (exact) mass is 274 g/mol. The predicted octanol–water partition coefficient (Wildman–Crippen LogP) is -0.680. The number of nitrogens with one attached hydrogen (secondary N) is 1. The Hall–Kier alpha value is -0.960. The Kier molecular flexibility index (Phi) is 4.00. The van der Waals surface area contributed by atoms with E-state index in [1.165, 1.54) is 10.5 Å². The number of imidazole rings is 1. The number of morpholine rings is 1. The van der Waals surface area contributed by atoms with Gasteiger partial charge in [0, 0.05) is 19.5 Å². The number of rotatable bonds is 4. The Morgan fingerprint density at radius 1 is 1.67 bits per heavy atom. The Morgan fingerprint density at radius 3 is 3.06 bits per heavy atom. The van der Waals surface area contributed by atoms with Gasteiger partial charge >= 0.3 is 0 Å². The van der Waals surface area contributed by atoms with Crippen LogP contribution in [0.1, 0.15) is 12.7 Å². The van der Waals surface area contributed by atoms with Gasteiger partial charge in [0.15, 0.2) is 5.03 Å². The molecular formula is C10H18N4O3S. The highest BCUT2D eigenvalue weighted by Gasteiger charge is 2.34. The number of aromatic amines is 1. The van der Waals surface area contributed by atoms with Gasteiger partial charge in [-0.2, -0.15) is 4.31 Å². The van der Waals surface area contributed by atoms with Gasteiger partial charge in [0.05, 0.1) is 25.5 Å². The molecule has 3 N–H and O–H groups in total. The molecule has 1 fully saturated rings. The summed E-state index contributed by atoms with van der Waals surface area (Å²) in [5.41, 5.74) is 5.59. The lowest BCUT2D eigenvalue weighted by Gasteiger charge is -2.33. The van der Waals surface area contributed by atoms with Crippen molar-refractivity contribution in [3.8, 4) is 0 Å². The summed E-state index contributed by atoms with van der Waals surface area (Å²) in [6.07, 6.45) is 2.02. The molecular weight excluding hydrogens is 256 g/mol. The van der Waals surface area contributed by atoms with Gasteiger partial charge in [-0.15, -0.1) is 0 Å². The molecule has 1 aromatic heterocycles. The minimum Gasteiger partial charge on any atom is -0.378 e. The molecule has 1 saturated heterocycles. The van der Waals surface area contributed by atoms with Crippen molar-refractivity contribution >= 4 is 10.0 Å². The molecule has 102 valence electrons. The van der Waals surface area contributed by atoms with E-state index in [0.717, 1.165) is 0 Å². The van der Waals surface area contributed by atoms with Crippen molar-refractivity contribution in [3.05, 3.63) is 12.0 Å². The maximum Gasteiger partial charge on any atom is 0.260 e. The number of H-pyrrole nitrogens is 1. The lowest BCUT2D eigenvalue weighted by atomic mass is 10.3. The fraction of sp³-hybridized carbons (Fsp3) is 0.700. The summed E-state index contributed by atoms with van der Waals surface area (Å²) in [5.74, 6) is 0.658. The molecule has 0 bridgehead atoms. The van der Waals surface area contributed by atoms with Gasteiger partial charge in [0.1, 0.15) is 5.82 Å². The molecule has 1 unspecified atom stereocenters. The SMILES string of the molecule is CCc1ncc(S(=O)(=O)N2CCOCC2CN)[nH]1. The van der Waals surface area contributed by atoms with Crippen LogP contribution >= 0.6 is 0 Å². The van der Waals surface area contributed by atoms with Gasteiger partial charge in [-0.3, -0.25) is 0 Å². The molecule has 0 aromatic carbocycles. The van der Waals surface area contributed by atoms with Crippen LogP contribution in [0.5, 0.6) is 0 Å². The van der Waals surface area contributed by atoms with Crippen LogP contribution in [0.4, 0.5) is 0 Å². The second kappa shape index (κ2) is 5.35. The molecule has 0 amide bonds. The highest BCUT2D eigenvalue weighted by atomic mass is 32.2. The first kappa shape index (κ1) is 13.5. The highest BCUT2D eigenvalue weighted by molar-refractivity contribution is 7.89. The van der Waals surface area contributed by atoms with Crippen LogP contribution < -0.4 is 5.73 Å².